The van der Waals surface area contributed by atoms with Gasteiger partial charge in [0.15, 0.2) is 11.5 Å². The number of pyridine rings is 1. The van der Waals surface area contributed by atoms with Crippen molar-refractivity contribution in [2.24, 2.45) is 5.92 Å². The summed E-state index contributed by atoms with van der Waals surface area (Å²) in [7, 11) is 0. The molecule has 4 aromatic rings. The summed E-state index contributed by atoms with van der Waals surface area (Å²) in [6.45, 7) is 9.14. The van der Waals surface area contributed by atoms with Crippen molar-refractivity contribution in [1.29, 1.82) is 0 Å². The second-order valence-corrected chi connectivity index (χ2v) is 10.6. The van der Waals surface area contributed by atoms with Crippen molar-refractivity contribution in [3.05, 3.63) is 71.2 Å². The quantitative estimate of drug-likeness (QED) is 0.506. The summed E-state index contributed by atoms with van der Waals surface area (Å²) in [4.78, 5) is 12.1. The Balaban J connectivity index is 1.22. The first-order chi connectivity index (χ1) is 16.5. The van der Waals surface area contributed by atoms with Crippen LogP contribution in [0.5, 0.6) is 0 Å². The molecule has 3 saturated heterocycles. The van der Waals surface area contributed by atoms with E-state index in [9.17, 15) is 0 Å². The van der Waals surface area contributed by atoms with Crippen molar-refractivity contribution in [3.8, 4) is 0 Å². The van der Waals surface area contributed by atoms with E-state index in [2.05, 4.69) is 76.5 Å². The topological polar surface area (TPSA) is 84.2 Å². The smallest absolute Gasteiger partial charge is 0.184 e. The number of aromatic nitrogens is 6. The van der Waals surface area contributed by atoms with E-state index < -0.39 is 5.60 Å². The molecule has 4 aliphatic rings. The molecule has 6 heterocycles. The number of rotatable bonds is 4. The van der Waals surface area contributed by atoms with Crippen LogP contribution in [0, 0.1) is 19.8 Å². The van der Waals surface area contributed by atoms with Crippen molar-refractivity contribution in [3.63, 3.8) is 0 Å². The van der Waals surface area contributed by atoms with Crippen LogP contribution in [0.2, 0.25) is 0 Å². The molecule has 0 radical (unpaired) electrons. The third-order valence-electron chi connectivity index (χ3n) is 8.29. The molecule has 3 aliphatic heterocycles. The highest BCUT2D eigenvalue weighted by atomic mass is 16.5. The summed E-state index contributed by atoms with van der Waals surface area (Å²) < 4.78 is 8.27. The predicted molar refractivity (Wildman–Crippen MR) is 128 cm³/mol. The number of fused-ring (bicyclic) bond motifs is 2. The monoisotopic (exact) mass is 455 g/mol. The summed E-state index contributed by atoms with van der Waals surface area (Å²) in [5, 5.41) is 12.3. The number of nitrogens with one attached hydrogen (secondary N) is 1. The van der Waals surface area contributed by atoms with Crippen LogP contribution >= 0.6 is 0 Å². The number of benzene rings is 1. The highest BCUT2D eigenvalue weighted by Gasteiger charge is 2.66. The van der Waals surface area contributed by atoms with E-state index in [1.807, 2.05) is 11.4 Å². The van der Waals surface area contributed by atoms with Crippen LogP contribution in [0.15, 0.2) is 42.6 Å². The number of nitrogens with zero attached hydrogens (tertiary/aromatic N) is 6. The average molecular weight is 456 g/mol. The van der Waals surface area contributed by atoms with Crippen LogP contribution in [0.25, 0.3) is 5.65 Å². The third kappa shape index (κ3) is 2.75. The Bertz CT molecular complexity index is 1390. The summed E-state index contributed by atoms with van der Waals surface area (Å²) in [6.07, 6.45) is 4.19. The van der Waals surface area contributed by atoms with Crippen LogP contribution in [-0.4, -0.2) is 49.5 Å². The maximum Gasteiger partial charge on any atom is 0.184 e. The predicted octanol–water partition coefficient (Wildman–Crippen LogP) is 3.66. The molecule has 1 N–H and O–H groups in total. The molecule has 1 aromatic carbocycles. The van der Waals surface area contributed by atoms with E-state index in [-0.39, 0.29) is 11.3 Å². The van der Waals surface area contributed by atoms with Gasteiger partial charge in [-0.3, -0.25) is 5.10 Å². The zero-order valence-electron chi connectivity index (χ0n) is 19.8. The van der Waals surface area contributed by atoms with Gasteiger partial charge in [0.1, 0.15) is 17.2 Å². The lowest BCUT2D eigenvalue weighted by atomic mass is 9.63. The first-order valence-corrected chi connectivity index (χ1v) is 12.2. The Kier molecular flexibility index (Phi) is 4.08. The Labute approximate surface area is 198 Å². The van der Waals surface area contributed by atoms with Gasteiger partial charge in [-0.1, -0.05) is 37.3 Å². The number of hydrogen-bond acceptors (Lipinski definition) is 6. The fourth-order valence-corrected chi connectivity index (χ4v) is 6.40. The Hall–Kier alpha value is -3.26. The fraction of sp³-hybridized carbons (Fsp3) is 0.462. The zero-order valence-corrected chi connectivity index (χ0v) is 19.8. The highest BCUT2D eigenvalue weighted by Crippen LogP contribution is 2.63. The maximum atomic E-state index is 6.32. The molecule has 34 heavy (non-hydrogen) atoms. The molecule has 8 rings (SSSR count). The molecule has 8 heteroatoms. The van der Waals surface area contributed by atoms with Crippen LogP contribution < -0.4 is 4.90 Å². The highest BCUT2D eigenvalue weighted by molar-refractivity contribution is 5.58. The van der Waals surface area contributed by atoms with Gasteiger partial charge in [-0.25, -0.2) is 14.5 Å². The summed E-state index contributed by atoms with van der Waals surface area (Å²) >= 11 is 0. The molecule has 2 bridgehead atoms. The molecular formula is C26H29N7O. The van der Waals surface area contributed by atoms with Crippen molar-refractivity contribution >= 4 is 11.3 Å². The van der Waals surface area contributed by atoms with Gasteiger partial charge in [0.2, 0.25) is 0 Å². The minimum Gasteiger partial charge on any atom is -0.369 e. The van der Waals surface area contributed by atoms with Crippen molar-refractivity contribution in [2.45, 2.75) is 50.5 Å². The molecule has 0 amide bonds. The molecule has 8 nitrogen and oxygen atoms in total. The minimum absolute atomic E-state index is 0.135. The van der Waals surface area contributed by atoms with Gasteiger partial charge in [0.05, 0.1) is 24.4 Å². The lowest BCUT2D eigenvalue weighted by molar-refractivity contribution is -0.0344. The largest absolute Gasteiger partial charge is 0.369 e. The van der Waals surface area contributed by atoms with Crippen molar-refractivity contribution in [2.75, 3.05) is 24.6 Å². The second-order valence-electron chi connectivity index (χ2n) is 10.6. The Morgan fingerprint density at radius 1 is 1.15 bits per heavy atom. The van der Waals surface area contributed by atoms with Crippen LogP contribution in [0.3, 0.4) is 0 Å². The molecular weight excluding hydrogens is 426 g/mol. The zero-order chi connectivity index (χ0) is 23.1. The van der Waals surface area contributed by atoms with E-state index in [1.54, 1.807) is 0 Å². The molecule has 1 saturated carbocycles. The lowest BCUT2D eigenvalue weighted by Crippen LogP contribution is -2.44. The summed E-state index contributed by atoms with van der Waals surface area (Å²) in [6, 6.07) is 13.1. The SMILES string of the molecule is Cc1n[nH]c([C@@H]2[C@@H]3CO[C@@]2(c2nc4c(C)cc(N5CC[C@](C)(c6ccccc6)C5)cn4n2)C3)n1. The van der Waals surface area contributed by atoms with E-state index in [4.69, 9.17) is 14.8 Å². The van der Waals surface area contributed by atoms with Gasteiger partial charge < -0.3 is 9.64 Å². The number of ether oxygens (including phenoxy) is 1. The molecule has 3 aromatic heterocycles. The second kappa shape index (κ2) is 6.88. The average Bonchev–Trinajstić information content (AvgIpc) is 3.62. The number of aromatic amines is 1. The first kappa shape index (κ1) is 20.1. The molecule has 4 fully saturated rings. The fourth-order valence-electron chi connectivity index (χ4n) is 6.40. The Morgan fingerprint density at radius 3 is 2.76 bits per heavy atom. The number of hydrogen-bond donors (Lipinski definition) is 1. The van der Waals surface area contributed by atoms with Crippen molar-refractivity contribution < 1.29 is 4.74 Å². The molecule has 174 valence electrons. The van der Waals surface area contributed by atoms with Gasteiger partial charge >= 0.3 is 0 Å². The van der Waals surface area contributed by atoms with Gasteiger partial charge in [-0.2, -0.15) is 5.10 Å². The molecule has 0 unspecified atom stereocenters. The number of anilines is 1. The molecule has 1 aliphatic carbocycles. The van der Waals surface area contributed by atoms with Crippen LogP contribution in [-0.2, 0) is 15.8 Å². The van der Waals surface area contributed by atoms with E-state index in [0.29, 0.717) is 5.92 Å². The van der Waals surface area contributed by atoms with Gasteiger partial charge in [0, 0.05) is 18.5 Å². The van der Waals surface area contributed by atoms with E-state index in [0.717, 1.165) is 61.2 Å². The van der Waals surface area contributed by atoms with E-state index in [1.165, 1.54) is 11.3 Å². The number of H-pyrrole nitrogens is 1. The Morgan fingerprint density at radius 2 is 2.00 bits per heavy atom. The van der Waals surface area contributed by atoms with Crippen LogP contribution in [0.1, 0.15) is 54.3 Å². The van der Waals surface area contributed by atoms with Crippen LogP contribution in [0.4, 0.5) is 5.69 Å². The van der Waals surface area contributed by atoms with Crippen molar-refractivity contribution in [1.82, 2.24) is 29.8 Å². The minimum atomic E-state index is -0.505. The maximum absolute atomic E-state index is 6.32. The standard InChI is InChI=1S/C26H29N7O/c1-16-11-20(32-10-9-25(3,15-32)19-7-5-4-6-8-19)13-33-23(16)28-24(31-33)26-12-18(14-34-26)21(26)22-27-17(2)29-30-22/h4-8,11,13,18,21H,9-10,12,14-15H2,1-3H3,(H,27,29,30)/t18-,21-,25-,26-/m0/s1. The molecule has 0 spiro atoms. The molecule has 4 atom stereocenters. The lowest BCUT2D eigenvalue weighted by Gasteiger charge is -2.41. The number of aryl methyl sites for hydroxylation is 2. The summed E-state index contributed by atoms with van der Waals surface area (Å²) in [5.74, 6) is 2.98. The normalized spacial score (nSPS) is 30.3. The first-order valence-electron chi connectivity index (χ1n) is 12.2. The van der Waals surface area contributed by atoms with Gasteiger partial charge in [-0.05, 0) is 49.8 Å². The third-order valence-corrected chi connectivity index (χ3v) is 8.29. The summed E-state index contributed by atoms with van der Waals surface area (Å²) in [5.41, 5.74) is 4.27. The van der Waals surface area contributed by atoms with Gasteiger partial charge in [0.25, 0.3) is 0 Å². The van der Waals surface area contributed by atoms with Gasteiger partial charge in [-0.15, -0.1) is 5.10 Å². The van der Waals surface area contributed by atoms with E-state index >= 15 is 0 Å².